The fraction of sp³-hybridized carbons (Fsp3) is 0.326. The van der Waals surface area contributed by atoms with Gasteiger partial charge in [0.2, 0.25) is 17.7 Å². The molecule has 2 saturated heterocycles. The molecule has 0 saturated carbocycles. The van der Waals surface area contributed by atoms with Crippen LogP contribution in [-0.2, 0) is 20.9 Å². The second kappa shape index (κ2) is 16.3. The zero-order chi connectivity index (χ0) is 41.4. The Morgan fingerprint density at radius 3 is 2.31 bits per heavy atom. The summed E-state index contributed by atoms with van der Waals surface area (Å²) < 4.78 is 49.8. The summed E-state index contributed by atoms with van der Waals surface area (Å²) in [5.41, 5.74) is 3.36. The molecule has 3 aromatic carbocycles. The molecular weight excluding hydrogens is 764 g/mol. The molecule has 2 aromatic heterocycles. The van der Waals surface area contributed by atoms with Crippen molar-refractivity contribution < 1.29 is 32.3 Å². The van der Waals surface area contributed by atoms with E-state index in [0.717, 1.165) is 0 Å². The molecule has 8 rings (SSSR count). The van der Waals surface area contributed by atoms with Crippen molar-refractivity contribution in [2.24, 2.45) is 0 Å². The lowest BCUT2D eigenvalue weighted by molar-refractivity contribution is -0.134. The second-order valence-electron chi connectivity index (χ2n) is 15.3. The van der Waals surface area contributed by atoms with E-state index >= 15 is 13.2 Å². The zero-order valence-electron chi connectivity index (χ0n) is 32.7. The molecule has 0 aliphatic carbocycles. The van der Waals surface area contributed by atoms with Gasteiger partial charge in [-0.3, -0.25) is 29.2 Å². The highest BCUT2D eigenvalue weighted by molar-refractivity contribution is 6.05. The molecule has 1 unspecified atom stereocenters. The maximum Gasteiger partial charge on any atom is 0.269 e. The Kier molecular flexibility index (Phi) is 10.9. The summed E-state index contributed by atoms with van der Waals surface area (Å²) in [5, 5.41) is 9.87. The number of aryl methyl sites for hydroxylation is 1. The van der Waals surface area contributed by atoms with Crippen LogP contribution in [0.3, 0.4) is 0 Å². The van der Waals surface area contributed by atoms with Gasteiger partial charge in [0.25, 0.3) is 5.91 Å². The standard InChI is InChI=1S/C43H44F3N9O4/c1-51(2)43(59)35-24-31-29(23-30(40(46)41(31)49-35)27-5-3-14-54(25-27)39(57)12-16-55-15-4-13-47-55)26-6-9-36(32(44)21-26)52-17-19-53(20-18-52)37-10-7-28(22-33(37)45)48-34-8-11-38(56)50-42(34)58/h4-7,9-10,13,15,21-24,34,48-49H,3,8,11-12,14,16-20,25H2,1-2H3,(H,50,56,58). The number of H-pyrrole nitrogens is 1. The van der Waals surface area contributed by atoms with Crippen molar-refractivity contribution in [2.45, 2.75) is 38.3 Å². The normalized spacial score (nSPS) is 17.3. The molecule has 0 spiro atoms. The van der Waals surface area contributed by atoms with E-state index in [9.17, 15) is 19.2 Å². The molecule has 3 aliphatic heterocycles. The maximum atomic E-state index is 16.5. The summed E-state index contributed by atoms with van der Waals surface area (Å²) in [5.74, 6) is -2.71. The van der Waals surface area contributed by atoms with Crippen LogP contribution in [0.25, 0.3) is 27.6 Å². The molecule has 3 N–H and O–H groups in total. The number of nitrogens with zero attached hydrogens (tertiary/aromatic N) is 6. The van der Waals surface area contributed by atoms with Gasteiger partial charge in [-0.1, -0.05) is 12.1 Å². The Bertz CT molecular complexity index is 2470. The topological polar surface area (TPSA) is 139 Å². The monoisotopic (exact) mass is 807 g/mol. The summed E-state index contributed by atoms with van der Waals surface area (Å²) in [6.45, 7) is 2.78. The third-order valence-electron chi connectivity index (χ3n) is 11.2. The highest BCUT2D eigenvalue weighted by atomic mass is 19.1. The highest BCUT2D eigenvalue weighted by Crippen LogP contribution is 2.38. The summed E-state index contributed by atoms with van der Waals surface area (Å²) in [6, 6.07) is 14.0. The molecule has 5 aromatic rings. The van der Waals surface area contributed by atoms with Gasteiger partial charge in [-0.2, -0.15) is 5.10 Å². The van der Waals surface area contributed by atoms with Crippen LogP contribution in [-0.4, -0.2) is 108 Å². The summed E-state index contributed by atoms with van der Waals surface area (Å²) in [4.78, 5) is 59.7. The van der Waals surface area contributed by atoms with Gasteiger partial charge in [0, 0.05) is 102 Å². The fourth-order valence-electron chi connectivity index (χ4n) is 8.05. The van der Waals surface area contributed by atoms with Crippen molar-refractivity contribution in [2.75, 3.05) is 68.5 Å². The second-order valence-corrected chi connectivity index (χ2v) is 15.3. The number of aromatic amines is 1. The third-order valence-corrected chi connectivity index (χ3v) is 11.2. The minimum atomic E-state index is -0.631. The van der Waals surface area contributed by atoms with Crippen LogP contribution in [0.4, 0.5) is 30.2 Å². The number of nitrogens with one attached hydrogen (secondary N) is 3. The van der Waals surface area contributed by atoms with Crippen LogP contribution >= 0.6 is 0 Å². The van der Waals surface area contributed by atoms with Crippen molar-refractivity contribution >= 4 is 57.2 Å². The van der Waals surface area contributed by atoms with Crippen molar-refractivity contribution in [1.29, 1.82) is 0 Å². The molecule has 0 bridgehead atoms. The van der Waals surface area contributed by atoms with E-state index < -0.39 is 29.4 Å². The SMILES string of the molecule is CN(C)C(=O)c1cc2c(-c3ccc(N4CCN(c5ccc(NC6CCC(=O)NC6=O)cc5F)CC4)c(F)c3)cc(C3=CCCN(C(=O)CCn4cccn4)C3)c(F)c2[nH]1. The van der Waals surface area contributed by atoms with Crippen molar-refractivity contribution in [3.8, 4) is 11.1 Å². The van der Waals surface area contributed by atoms with Gasteiger partial charge in [0.1, 0.15) is 23.4 Å². The third kappa shape index (κ3) is 8.11. The number of carbonyl (C=O) groups is 4. The Morgan fingerprint density at radius 2 is 1.64 bits per heavy atom. The average Bonchev–Trinajstić information content (AvgIpc) is 3.93. The van der Waals surface area contributed by atoms with Gasteiger partial charge in [-0.05, 0) is 78.1 Å². The smallest absolute Gasteiger partial charge is 0.269 e. The van der Waals surface area contributed by atoms with E-state index in [4.69, 9.17) is 0 Å². The van der Waals surface area contributed by atoms with Crippen LogP contribution in [0, 0.1) is 17.5 Å². The number of piperidine rings is 1. The summed E-state index contributed by atoms with van der Waals surface area (Å²) in [7, 11) is 3.21. The van der Waals surface area contributed by atoms with Crippen LogP contribution in [0.15, 0.2) is 73.1 Å². The lowest BCUT2D eigenvalue weighted by Gasteiger charge is -2.37. The van der Waals surface area contributed by atoms with E-state index in [1.54, 1.807) is 78.5 Å². The van der Waals surface area contributed by atoms with E-state index in [1.165, 1.54) is 17.0 Å². The van der Waals surface area contributed by atoms with E-state index in [-0.39, 0.29) is 53.9 Å². The molecule has 4 amide bonds. The summed E-state index contributed by atoms with van der Waals surface area (Å²) in [6.07, 6.45) is 6.66. The quantitative estimate of drug-likeness (QED) is 0.160. The van der Waals surface area contributed by atoms with Crippen LogP contribution < -0.4 is 20.4 Å². The number of hydrogen-bond donors (Lipinski definition) is 3. The number of imide groups is 1. The van der Waals surface area contributed by atoms with Crippen molar-refractivity contribution in [3.63, 3.8) is 0 Å². The van der Waals surface area contributed by atoms with Crippen LogP contribution in [0.1, 0.15) is 41.7 Å². The van der Waals surface area contributed by atoms with Gasteiger partial charge >= 0.3 is 0 Å². The van der Waals surface area contributed by atoms with Crippen LogP contribution in [0.2, 0.25) is 0 Å². The minimum Gasteiger partial charge on any atom is -0.374 e. The maximum absolute atomic E-state index is 16.5. The minimum absolute atomic E-state index is 0.0765. The number of piperazine rings is 1. The fourth-order valence-corrected chi connectivity index (χ4v) is 8.05. The van der Waals surface area contributed by atoms with E-state index in [0.29, 0.717) is 91.3 Å². The number of halogens is 3. The Hall–Kier alpha value is -6.58. The van der Waals surface area contributed by atoms with Gasteiger partial charge in [0.05, 0.1) is 16.9 Å². The van der Waals surface area contributed by atoms with Crippen molar-refractivity contribution in [3.05, 3.63) is 102 Å². The molecule has 0 radical (unpaired) electrons. The summed E-state index contributed by atoms with van der Waals surface area (Å²) >= 11 is 0. The van der Waals surface area contributed by atoms with Gasteiger partial charge in [-0.15, -0.1) is 0 Å². The van der Waals surface area contributed by atoms with Crippen LogP contribution in [0.5, 0.6) is 0 Å². The first-order valence-corrected chi connectivity index (χ1v) is 19.6. The van der Waals surface area contributed by atoms with E-state index in [1.807, 2.05) is 15.9 Å². The first kappa shape index (κ1) is 39.3. The predicted octanol–water partition coefficient (Wildman–Crippen LogP) is 5.40. The number of rotatable bonds is 10. The van der Waals surface area contributed by atoms with Crippen molar-refractivity contribution in [1.82, 2.24) is 29.9 Å². The molecule has 2 fully saturated rings. The number of carbonyl (C=O) groups excluding carboxylic acids is 4. The van der Waals surface area contributed by atoms with Gasteiger partial charge < -0.3 is 29.9 Å². The van der Waals surface area contributed by atoms with Gasteiger partial charge in [-0.25, -0.2) is 13.2 Å². The molecule has 5 heterocycles. The molecule has 3 aliphatic rings. The largest absolute Gasteiger partial charge is 0.374 e. The molecule has 59 heavy (non-hydrogen) atoms. The molecule has 16 heteroatoms. The Labute approximate surface area is 338 Å². The van der Waals surface area contributed by atoms with Gasteiger partial charge in [0.15, 0.2) is 5.82 Å². The average molecular weight is 808 g/mol. The predicted molar refractivity (Wildman–Crippen MR) is 218 cm³/mol. The molecule has 13 nitrogen and oxygen atoms in total. The lowest BCUT2D eigenvalue weighted by atomic mass is 9.93. The number of amides is 4. The molecule has 1 atom stereocenters. The Morgan fingerprint density at radius 1 is 0.915 bits per heavy atom. The lowest BCUT2D eigenvalue weighted by Crippen LogP contribution is -2.47. The first-order chi connectivity index (χ1) is 28.4. The Balaban J connectivity index is 1.01. The highest BCUT2D eigenvalue weighted by Gasteiger charge is 2.29. The zero-order valence-corrected chi connectivity index (χ0v) is 32.7. The number of benzene rings is 3. The number of fused-ring (bicyclic) bond motifs is 1. The number of anilines is 3. The molecular formula is C43H44F3N9O4. The number of aromatic nitrogens is 3. The molecule has 306 valence electrons. The first-order valence-electron chi connectivity index (χ1n) is 19.6. The van der Waals surface area contributed by atoms with E-state index in [2.05, 4.69) is 20.7 Å². The number of hydrogen-bond acceptors (Lipinski definition) is 8.